The molecule has 0 bridgehead atoms. The average Bonchev–Trinajstić information content (AvgIpc) is 2.98. The maximum absolute atomic E-state index is 12.4. The second-order valence-corrected chi connectivity index (χ2v) is 7.51. The number of aryl methyl sites for hydroxylation is 3. The molecule has 0 aliphatic heterocycles. The molecule has 28 heavy (non-hydrogen) atoms. The second-order valence-electron chi connectivity index (χ2n) is 6.54. The smallest absolute Gasteiger partial charge is 0.325 e. The van der Waals surface area contributed by atoms with Gasteiger partial charge in [-0.05, 0) is 49.6 Å². The Morgan fingerprint density at radius 1 is 1.11 bits per heavy atom. The van der Waals surface area contributed by atoms with Crippen molar-refractivity contribution >= 4 is 33.4 Å². The highest BCUT2D eigenvalue weighted by Crippen LogP contribution is 2.23. The summed E-state index contributed by atoms with van der Waals surface area (Å²) in [5, 5.41) is 0. The maximum Gasteiger partial charge on any atom is 0.325 e. The fourth-order valence-corrected chi connectivity index (χ4v) is 4.04. The number of ether oxygens (including phenoxy) is 2. The van der Waals surface area contributed by atoms with Crippen molar-refractivity contribution in [2.45, 2.75) is 27.3 Å². The quantitative estimate of drug-likeness (QED) is 0.619. The Labute approximate surface area is 167 Å². The van der Waals surface area contributed by atoms with E-state index in [4.69, 9.17) is 9.47 Å². The number of esters is 1. The number of para-hydroxylation sites is 1. The van der Waals surface area contributed by atoms with Crippen LogP contribution in [-0.2, 0) is 20.9 Å². The molecule has 6 nitrogen and oxygen atoms in total. The summed E-state index contributed by atoms with van der Waals surface area (Å²) in [4.78, 5) is 29.0. The Morgan fingerprint density at radius 3 is 2.57 bits per heavy atom. The highest BCUT2D eigenvalue weighted by atomic mass is 32.1. The Kier molecular flexibility index (Phi) is 5.94. The number of nitrogens with zero attached hydrogens (tertiary/aromatic N) is 2. The molecule has 0 saturated heterocycles. The first-order chi connectivity index (χ1) is 13.4. The molecule has 2 aromatic carbocycles. The van der Waals surface area contributed by atoms with E-state index in [9.17, 15) is 9.59 Å². The normalized spacial score (nSPS) is 11.6. The van der Waals surface area contributed by atoms with E-state index in [-0.39, 0.29) is 13.2 Å². The van der Waals surface area contributed by atoms with Crippen LogP contribution in [0.1, 0.15) is 16.7 Å². The zero-order valence-corrected chi connectivity index (χ0v) is 17.1. The fourth-order valence-electron chi connectivity index (χ4n) is 2.94. The molecule has 1 aromatic heterocycles. The summed E-state index contributed by atoms with van der Waals surface area (Å²) in [5.74, 6) is -0.164. The van der Waals surface area contributed by atoms with Crippen LogP contribution >= 0.6 is 11.3 Å². The zero-order chi connectivity index (χ0) is 20.3. The van der Waals surface area contributed by atoms with E-state index < -0.39 is 11.9 Å². The third kappa shape index (κ3) is 4.31. The maximum atomic E-state index is 12.4. The van der Waals surface area contributed by atoms with Gasteiger partial charge in [-0.1, -0.05) is 35.6 Å². The topological polar surface area (TPSA) is 69.9 Å². The summed E-state index contributed by atoms with van der Waals surface area (Å²) in [7, 11) is 1.34. The van der Waals surface area contributed by atoms with Crippen LogP contribution in [0, 0.1) is 20.8 Å². The molecule has 0 spiro atoms. The van der Waals surface area contributed by atoms with Gasteiger partial charge in [0.2, 0.25) is 0 Å². The van der Waals surface area contributed by atoms with E-state index in [1.165, 1.54) is 18.4 Å². The summed E-state index contributed by atoms with van der Waals surface area (Å²) in [6.45, 7) is 5.73. The van der Waals surface area contributed by atoms with Crippen molar-refractivity contribution in [3.8, 4) is 5.75 Å². The Balaban J connectivity index is 1.97. The molecule has 0 aliphatic carbocycles. The number of carbonyl (C=O) groups is 2. The van der Waals surface area contributed by atoms with Gasteiger partial charge in [0.25, 0.3) is 5.91 Å². The van der Waals surface area contributed by atoms with Crippen molar-refractivity contribution < 1.29 is 19.1 Å². The van der Waals surface area contributed by atoms with Crippen LogP contribution in [0.25, 0.3) is 10.2 Å². The first-order valence-electron chi connectivity index (χ1n) is 8.82. The predicted molar refractivity (Wildman–Crippen MR) is 109 cm³/mol. The van der Waals surface area contributed by atoms with Crippen molar-refractivity contribution in [1.29, 1.82) is 0 Å². The van der Waals surface area contributed by atoms with E-state index in [1.807, 2.05) is 51.1 Å². The summed E-state index contributed by atoms with van der Waals surface area (Å²) in [6.07, 6.45) is 0. The number of thiazole rings is 1. The van der Waals surface area contributed by atoms with Gasteiger partial charge in [-0.15, -0.1) is 0 Å². The second kappa shape index (κ2) is 8.39. The van der Waals surface area contributed by atoms with Gasteiger partial charge in [0.1, 0.15) is 12.3 Å². The Morgan fingerprint density at radius 2 is 1.86 bits per heavy atom. The van der Waals surface area contributed by atoms with Crippen molar-refractivity contribution in [2.24, 2.45) is 4.99 Å². The Hall–Kier alpha value is -2.93. The van der Waals surface area contributed by atoms with Gasteiger partial charge < -0.3 is 14.0 Å². The van der Waals surface area contributed by atoms with Crippen LogP contribution in [0.2, 0.25) is 0 Å². The van der Waals surface area contributed by atoms with E-state index >= 15 is 0 Å². The summed E-state index contributed by atoms with van der Waals surface area (Å²) in [6, 6.07) is 11.5. The molecular formula is C21H22N2O4S. The number of carbonyl (C=O) groups excluding carboxylic acids is 2. The third-order valence-electron chi connectivity index (χ3n) is 4.29. The number of hydrogen-bond acceptors (Lipinski definition) is 5. The van der Waals surface area contributed by atoms with Crippen LogP contribution in [-0.4, -0.2) is 30.2 Å². The molecule has 0 aliphatic rings. The van der Waals surface area contributed by atoms with E-state index in [2.05, 4.69) is 11.1 Å². The van der Waals surface area contributed by atoms with Gasteiger partial charge in [0, 0.05) is 0 Å². The highest BCUT2D eigenvalue weighted by molar-refractivity contribution is 7.16. The predicted octanol–water partition coefficient (Wildman–Crippen LogP) is 3.31. The molecule has 1 heterocycles. The molecule has 3 aromatic rings. The van der Waals surface area contributed by atoms with Crippen molar-refractivity contribution in [2.75, 3.05) is 13.7 Å². The number of aromatic nitrogens is 1. The van der Waals surface area contributed by atoms with Crippen molar-refractivity contribution in [3.05, 3.63) is 57.9 Å². The molecule has 1 amide bonds. The average molecular weight is 398 g/mol. The highest BCUT2D eigenvalue weighted by Gasteiger charge is 2.14. The van der Waals surface area contributed by atoms with Crippen LogP contribution < -0.4 is 9.54 Å². The van der Waals surface area contributed by atoms with Gasteiger partial charge in [-0.2, -0.15) is 4.99 Å². The van der Waals surface area contributed by atoms with Gasteiger partial charge in [-0.3, -0.25) is 9.59 Å². The lowest BCUT2D eigenvalue weighted by atomic mass is 10.1. The SMILES string of the molecule is COC(=O)Cn1c(=NC(=O)COc2ccccc2C)sc2c(C)cc(C)cc21. The minimum Gasteiger partial charge on any atom is -0.483 e. The van der Waals surface area contributed by atoms with Gasteiger partial charge >= 0.3 is 5.97 Å². The molecule has 146 valence electrons. The third-order valence-corrected chi connectivity index (χ3v) is 5.52. The fraction of sp³-hybridized carbons (Fsp3) is 0.286. The van der Waals surface area contributed by atoms with Crippen LogP contribution in [0.15, 0.2) is 41.4 Å². The number of benzene rings is 2. The molecule has 0 unspecified atom stereocenters. The lowest BCUT2D eigenvalue weighted by Gasteiger charge is -2.06. The zero-order valence-electron chi connectivity index (χ0n) is 16.3. The van der Waals surface area contributed by atoms with Gasteiger partial charge in [0.05, 0.1) is 17.3 Å². The molecule has 0 atom stereocenters. The van der Waals surface area contributed by atoms with E-state index in [1.54, 1.807) is 4.57 Å². The van der Waals surface area contributed by atoms with E-state index in [0.717, 1.165) is 26.9 Å². The summed E-state index contributed by atoms with van der Waals surface area (Å²) < 4.78 is 13.1. The minimum absolute atomic E-state index is 0.00976. The minimum atomic E-state index is -0.414. The monoisotopic (exact) mass is 398 g/mol. The van der Waals surface area contributed by atoms with Crippen LogP contribution in [0.3, 0.4) is 0 Å². The lowest BCUT2D eigenvalue weighted by molar-refractivity contribution is -0.141. The number of hydrogen-bond donors (Lipinski definition) is 0. The number of methoxy groups -OCH3 is 1. The standard InChI is InChI=1S/C21H22N2O4S/c1-13-9-15(3)20-16(10-13)23(11-19(25)26-4)21(28-20)22-18(24)12-27-17-8-6-5-7-14(17)2/h5-10H,11-12H2,1-4H3. The number of fused-ring (bicyclic) bond motifs is 1. The molecule has 0 radical (unpaired) electrons. The largest absolute Gasteiger partial charge is 0.483 e. The van der Waals surface area contributed by atoms with Crippen molar-refractivity contribution in [3.63, 3.8) is 0 Å². The first kappa shape index (κ1) is 19.8. The summed E-state index contributed by atoms with van der Waals surface area (Å²) >= 11 is 1.38. The molecule has 3 rings (SSSR count). The number of rotatable bonds is 5. The molecule has 0 N–H and O–H groups in total. The number of amides is 1. The lowest BCUT2D eigenvalue weighted by Crippen LogP contribution is -2.23. The first-order valence-corrected chi connectivity index (χ1v) is 9.64. The van der Waals surface area contributed by atoms with Crippen LogP contribution in [0.5, 0.6) is 5.75 Å². The molecule has 0 fully saturated rings. The van der Waals surface area contributed by atoms with Crippen molar-refractivity contribution in [1.82, 2.24) is 4.57 Å². The molecular weight excluding hydrogens is 376 g/mol. The van der Waals surface area contributed by atoms with Crippen LogP contribution in [0.4, 0.5) is 0 Å². The van der Waals surface area contributed by atoms with Gasteiger partial charge in [-0.25, -0.2) is 0 Å². The molecule has 0 saturated carbocycles. The molecule has 7 heteroatoms. The van der Waals surface area contributed by atoms with E-state index in [0.29, 0.717) is 10.6 Å². The Bertz CT molecular complexity index is 1110. The van der Waals surface area contributed by atoms with Gasteiger partial charge in [0.15, 0.2) is 11.4 Å². The summed E-state index contributed by atoms with van der Waals surface area (Å²) in [5.41, 5.74) is 3.95.